The summed E-state index contributed by atoms with van der Waals surface area (Å²) in [5, 5.41) is 0. The van der Waals surface area contributed by atoms with Gasteiger partial charge in [0.05, 0.1) is 9.79 Å². The van der Waals surface area contributed by atoms with Crippen LogP contribution in [0.15, 0.2) is 52.3 Å². The molecule has 0 atom stereocenters. The summed E-state index contributed by atoms with van der Waals surface area (Å²) in [5.41, 5.74) is 0.874. The normalized spacial score (nSPS) is 11.4. The first-order valence-corrected chi connectivity index (χ1v) is 14.3. The van der Waals surface area contributed by atoms with E-state index in [1.165, 1.54) is 44.9 Å². The van der Waals surface area contributed by atoms with Crippen LogP contribution in [0, 0.1) is 0 Å². The molecule has 0 aliphatic rings. The van der Waals surface area contributed by atoms with Gasteiger partial charge < -0.3 is 13.8 Å². The van der Waals surface area contributed by atoms with E-state index in [0.717, 1.165) is 43.4 Å². The zero-order valence-electron chi connectivity index (χ0n) is 21.0. The minimum Gasteiger partial charge on any atom is -0.744 e. The van der Waals surface area contributed by atoms with E-state index in [1.54, 1.807) is 12.1 Å². The van der Waals surface area contributed by atoms with Gasteiger partial charge in [-0.25, -0.2) is 16.8 Å². The predicted molar refractivity (Wildman–Crippen MR) is 124 cm³/mol. The van der Waals surface area contributed by atoms with E-state index in [4.69, 9.17) is 4.74 Å². The van der Waals surface area contributed by atoms with Gasteiger partial charge in [0.25, 0.3) is 0 Å². The maximum atomic E-state index is 11.4. The molecule has 35 heavy (non-hydrogen) atoms. The summed E-state index contributed by atoms with van der Waals surface area (Å²) in [6, 6.07) is 9.54. The van der Waals surface area contributed by atoms with Crippen LogP contribution in [0.5, 0.6) is 11.5 Å². The molecule has 0 aliphatic heterocycles. The smallest absolute Gasteiger partial charge is 0.744 e. The molecule has 0 bridgehead atoms. The predicted octanol–water partition coefficient (Wildman–Crippen LogP) is -0.241. The van der Waals surface area contributed by atoms with Crippen LogP contribution < -0.4 is 63.9 Å². The maximum absolute atomic E-state index is 11.4. The van der Waals surface area contributed by atoms with Crippen molar-refractivity contribution >= 4 is 20.2 Å². The Morgan fingerprint density at radius 1 is 0.686 bits per heavy atom. The van der Waals surface area contributed by atoms with E-state index in [2.05, 4.69) is 6.92 Å². The molecule has 0 amide bonds. The molecule has 11 heteroatoms. The van der Waals surface area contributed by atoms with Gasteiger partial charge in [0.15, 0.2) is 0 Å². The molecule has 0 saturated heterocycles. The molecule has 0 aromatic heterocycles. The summed E-state index contributed by atoms with van der Waals surface area (Å²) in [7, 11) is -9.95. The number of hydrogen-bond acceptors (Lipinski definition) is 7. The second kappa shape index (κ2) is 17.5. The van der Waals surface area contributed by atoms with Crippen molar-refractivity contribution in [3.63, 3.8) is 0 Å². The van der Waals surface area contributed by atoms with Crippen molar-refractivity contribution in [1.82, 2.24) is 0 Å². The van der Waals surface area contributed by atoms with E-state index in [9.17, 15) is 25.9 Å². The van der Waals surface area contributed by atoms with Gasteiger partial charge >= 0.3 is 59.1 Å². The second-order valence-corrected chi connectivity index (χ2v) is 10.9. The first-order valence-electron chi connectivity index (χ1n) is 11.4. The Morgan fingerprint density at radius 3 is 1.63 bits per heavy atom. The fourth-order valence-corrected chi connectivity index (χ4v) is 4.77. The van der Waals surface area contributed by atoms with Crippen molar-refractivity contribution in [2.75, 3.05) is 0 Å². The molecule has 0 spiro atoms. The van der Waals surface area contributed by atoms with E-state index in [0.29, 0.717) is 11.8 Å². The molecule has 0 fully saturated rings. The summed E-state index contributed by atoms with van der Waals surface area (Å²) in [5.74, 6) is 0.222. The quantitative estimate of drug-likeness (QED) is 0.173. The monoisotopic (exact) mass is 542 g/mol. The average Bonchev–Trinajstić information content (AvgIpc) is 2.74. The topological polar surface area (TPSA) is 124 Å². The Bertz CT molecular complexity index is 1050. The summed E-state index contributed by atoms with van der Waals surface area (Å²) in [4.78, 5) is -1.66. The summed E-state index contributed by atoms with van der Waals surface area (Å²) >= 11 is 0. The first kappa shape index (κ1) is 35.1. The summed E-state index contributed by atoms with van der Waals surface area (Å²) < 4.78 is 74.1. The van der Waals surface area contributed by atoms with Crippen LogP contribution in [-0.4, -0.2) is 25.9 Å². The SMILES string of the molecule is CCCCCCCCCCCCc1ccccc1Oc1cc(S(=O)(=O)[O-])cc(S(=O)(=O)[O-])c1.[Na+].[Na+]. The van der Waals surface area contributed by atoms with E-state index in [-0.39, 0.29) is 64.9 Å². The molecule has 184 valence electrons. The molecule has 0 radical (unpaired) electrons. The van der Waals surface area contributed by atoms with Gasteiger partial charge in [0, 0.05) is 0 Å². The molecule has 0 N–H and O–H groups in total. The Hall–Kier alpha value is 0.0600. The molecule has 7 nitrogen and oxygen atoms in total. The molecule has 2 aromatic carbocycles. The molecular formula is C24H32Na2O7S2. The van der Waals surface area contributed by atoms with Crippen molar-refractivity contribution < 1.29 is 89.8 Å². The van der Waals surface area contributed by atoms with Crippen LogP contribution in [0.2, 0.25) is 0 Å². The van der Waals surface area contributed by atoms with Gasteiger partial charge in [0.1, 0.15) is 31.7 Å². The number of aryl methyl sites for hydroxylation is 1. The van der Waals surface area contributed by atoms with Crippen LogP contribution >= 0.6 is 0 Å². The molecule has 0 saturated carbocycles. The zero-order valence-corrected chi connectivity index (χ0v) is 26.6. The fourth-order valence-electron chi connectivity index (χ4n) is 3.63. The fraction of sp³-hybridized carbons (Fsp3) is 0.500. The van der Waals surface area contributed by atoms with Crippen LogP contribution in [0.3, 0.4) is 0 Å². The summed E-state index contributed by atoms with van der Waals surface area (Å²) in [6.45, 7) is 2.21. The number of rotatable bonds is 15. The molecular weight excluding hydrogens is 510 g/mol. The largest absolute Gasteiger partial charge is 1.00 e. The Balaban J connectivity index is 0.00000578. The van der Waals surface area contributed by atoms with Crippen LogP contribution in [-0.2, 0) is 26.7 Å². The van der Waals surface area contributed by atoms with E-state index < -0.39 is 30.0 Å². The van der Waals surface area contributed by atoms with Crippen molar-refractivity contribution in [3.8, 4) is 11.5 Å². The number of benzene rings is 2. The van der Waals surface area contributed by atoms with Crippen molar-refractivity contribution in [2.24, 2.45) is 0 Å². The van der Waals surface area contributed by atoms with Gasteiger partial charge in [-0.15, -0.1) is 0 Å². The zero-order chi connectivity index (χ0) is 24.3. The molecule has 2 rings (SSSR count). The van der Waals surface area contributed by atoms with Crippen LogP contribution in [0.1, 0.15) is 76.7 Å². The number of hydrogen-bond donors (Lipinski definition) is 0. The van der Waals surface area contributed by atoms with Crippen LogP contribution in [0.4, 0.5) is 0 Å². The third-order valence-electron chi connectivity index (χ3n) is 5.43. The second-order valence-electron chi connectivity index (χ2n) is 8.19. The van der Waals surface area contributed by atoms with Gasteiger partial charge in [-0.1, -0.05) is 82.9 Å². The Kier molecular flexibility index (Phi) is 17.6. The first-order chi connectivity index (χ1) is 15.6. The molecule has 0 unspecified atom stereocenters. The van der Waals surface area contributed by atoms with Crippen molar-refractivity contribution in [2.45, 2.75) is 87.3 Å². The van der Waals surface area contributed by atoms with Gasteiger partial charge in [-0.3, -0.25) is 0 Å². The van der Waals surface area contributed by atoms with E-state index in [1.807, 2.05) is 12.1 Å². The standard InChI is InChI=1S/C24H34O7S2.2Na/c1-2-3-4-5-6-7-8-9-10-11-14-20-15-12-13-16-24(20)31-21-17-22(32(25,26)27)19-23(18-21)33(28,29)30;;/h12-13,15-19H,2-11,14H2,1H3,(H,25,26,27)(H,28,29,30);;/q;2*+1/p-2. The minimum absolute atomic E-state index is 0. The van der Waals surface area contributed by atoms with Crippen LogP contribution in [0.25, 0.3) is 0 Å². The van der Waals surface area contributed by atoms with Crippen molar-refractivity contribution in [3.05, 3.63) is 48.0 Å². The van der Waals surface area contributed by atoms with Crippen molar-refractivity contribution in [1.29, 1.82) is 0 Å². The maximum Gasteiger partial charge on any atom is 1.00 e. The average molecular weight is 543 g/mol. The van der Waals surface area contributed by atoms with Gasteiger partial charge in [-0.05, 0) is 42.7 Å². The molecule has 0 heterocycles. The minimum atomic E-state index is -4.98. The van der Waals surface area contributed by atoms with Gasteiger partial charge in [0.2, 0.25) is 0 Å². The molecule has 2 aromatic rings. The third-order valence-corrected chi connectivity index (χ3v) is 7.06. The third kappa shape index (κ3) is 13.4. The van der Waals surface area contributed by atoms with E-state index >= 15 is 0 Å². The number of unbranched alkanes of at least 4 members (excludes halogenated alkanes) is 9. The summed E-state index contributed by atoms with van der Waals surface area (Å²) in [6.07, 6.45) is 12.9. The number of ether oxygens (including phenoxy) is 1. The Labute approximate surface area is 254 Å². The number of para-hydroxylation sites is 1. The van der Waals surface area contributed by atoms with Gasteiger partial charge in [-0.2, -0.15) is 0 Å². The Morgan fingerprint density at radius 2 is 1.14 bits per heavy atom. The molecule has 0 aliphatic carbocycles.